The number of halogens is 1. The molecule has 18 heavy (non-hydrogen) atoms. The number of hydrogen-bond acceptors (Lipinski definition) is 1. The summed E-state index contributed by atoms with van der Waals surface area (Å²) >= 11 is 5.99. The Bertz CT molecular complexity index is 564. The van der Waals surface area contributed by atoms with Crippen molar-refractivity contribution in [3.05, 3.63) is 76.9 Å². The van der Waals surface area contributed by atoms with E-state index in [1.807, 2.05) is 36.4 Å². The molecule has 2 aromatic rings. The molecule has 3 heteroatoms. The van der Waals surface area contributed by atoms with Crippen molar-refractivity contribution in [2.75, 3.05) is 0 Å². The lowest BCUT2D eigenvalue weighted by Gasteiger charge is -2.00. The molecule has 0 aliphatic heterocycles. The normalized spacial score (nSPS) is 10.5. The standard InChI is InChI=1S/C15H12ClNO/c16-14-9-5-4-6-12(14)10-11-17-15(18)13-7-2-1-3-8-13/h1-11H,(H,17,18). The molecule has 0 radical (unpaired) electrons. The molecule has 2 aromatic carbocycles. The zero-order valence-corrected chi connectivity index (χ0v) is 10.4. The Morgan fingerprint density at radius 1 is 1.00 bits per heavy atom. The summed E-state index contributed by atoms with van der Waals surface area (Å²) in [4.78, 5) is 11.7. The molecule has 0 atom stereocenters. The van der Waals surface area contributed by atoms with Crippen LogP contribution in [-0.4, -0.2) is 5.91 Å². The van der Waals surface area contributed by atoms with Gasteiger partial charge in [0.25, 0.3) is 5.91 Å². The second-order valence-corrected chi connectivity index (χ2v) is 4.10. The Kier molecular flexibility index (Phi) is 4.15. The largest absolute Gasteiger partial charge is 0.329 e. The number of hydrogen-bond donors (Lipinski definition) is 1. The lowest BCUT2D eigenvalue weighted by molar-refractivity contribution is 0.0970. The van der Waals surface area contributed by atoms with Gasteiger partial charge in [0.15, 0.2) is 0 Å². The Morgan fingerprint density at radius 3 is 2.39 bits per heavy atom. The average molecular weight is 258 g/mol. The van der Waals surface area contributed by atoms with E-state index in [4.69, 9.17) is 11.6 Å². The maximum atomic E-state index is 11.7. The van der Waals surface area contributed by atoms with Gasteiger partial charge in [-0.2, -0.15) is 0 Å². The van der Waals surface area contributed by atoms with Crippen LogP contribution in [0.5, 0.6) is 0 Å². The molecular formula is C15H12ClNO. The summed E-state index contributed by atoms with van der Waals surface area (Å²) in [6, 6.07) is 16.5. The maximum absolute atomic E-state index is 11.7. The smallest absolute Gasteiger partial charge is 0.255 e. The molecule has 0 heterocycles. The van der Waals surface area contributed by atoms with Crippen molar-refractivity contribution >= 4 is 23.6 Å². The number of amides is 1. The van der Waals surface area contributed by atoms with Gasteiger partial charge in [-0.25, -0.2) is 0 Å². The van der Waals surface area contributed by atoms with Crippen LogP contribution in [0.2, 0.25) is 5.02 Å². The van der Waals surface area contributed by atoms with Crippen molar-refractivity contribution in [3.8, 4) is 0 Å². The molecule has 0 bridgehead atoms. The molecule has 0 fully saturated rings. The molecule has 0 aliphatic rings. The van der Waals surface area contributed by atoms with Crippen molar-refractivity contribution in [1.29, 1.82) is 0 Å². The van der Waals surface area contributed by atoms with Crippen molar-refractivity contribution in [3.63, 3.8) is 0 Å². The first-order valence-electron chi connectivity index (χ1n) is 5.54. The van der Waals surface area contributed by atoms with E-state index < -0.39 is 0 Å². The number of carbonyl (C=O) groups is 1. The van der Waals surface area contributed by atoms with Crippen LogP contribution in [0, 0.1) is 0 Å². The Morgan fingerprint density at radius 2 is 1.67 bits per heavy atom. The Balaban J connectivity index is 2.00. The highest BCUT2D eigenvalue weighted by molar-refractivity contribution is 6.32. The molecule has 0 unspecified atom stereocenters. The van der Waals surface area contributed by atoms with Crippen molar-refractivity contribution in [2.45, 2.75) is 0 Å². The van der Waals surface area contributed by atoms with Crippen molar-refractivity contribution in [2.24, 2.45) is 0 Å². The maximum Gasteiger partial charge on any atom is 0.255 e. The molecular weight excluding hydrogens is 246 g/mol. The molecule has 2 nitrogen and oxygen atoms in total. The van der Waals surface area contributed by atoms with E-state index in [2.05, 4.69) is 5.32 Å². The second kappa shape index (κ2) is 6.03. The molecule has 1 amide bonds. The van der Waals surface area contributed by atoms with E-state index in [1.54, 1.807) is 30.5 Å². The van der Waals surface area contributed by atoms with Crippen LogP contribution in [0.15, 0.2) is 60.8 Å². The summed E-state index contributed by atoms with van der Waals surface area (Å²) in [6.07, 6.45) is 3.36. The third-order valence-electron chi connectivity index (χ3n) is 2.42. The molecule has 0 aromatic heterocycles. The van der Waals surface area contributed by atoms with Gasteiger partial charge in [0.1, 0.15) is 0 Å². The fourth-order valence-electron chi connectivity index (χ4n) is 1.49. The Hall–Kier alpha value is -2.06. The molecule has 90 valence electrons. The van der Waals surface area contributed by atoms with Gasteiger partial charge >= 0.3 is 0 Å². The molecule has 0 saturated heterocycles. The highest BCUT2D eigenvalue weighted by Gasteiger charge is 2.00. The number of rotatable bonds is 3. The molecule has 1 N–H and O–H groups in total. The van der Waals surface area contributed by atoms with Crippen LogP contribution >= 0.6 is 11.6 Å². The lowest BCUT2D eigenvalue weighted by Crippen LogP contribution is -2.16. The molecule has 0 aliphatic carbocycles. The minimum atomic E-state index is -0.140. The summed E-state index contributed by atoms with van der Waals surface area (Å²) in [7, 11) is 0. The SMILES string of the molecule is O=C(NC=Cc1ccccc1Cl)c1ccccc1. The van der Waals surface area contributed by atoms with Crippen molar-refractivity contribution < 1.29 is 4.79 Å². The fraction of sp³-hybridized carbons (Fsp3) is 0. The lowest BCUT2D eigenvalue weighted by atomic mass is 10.2. The predicted molar refractivity (Wildman–Crippen MR) is 74.4 cm³/mol. The van der Waals surface area contributed by atoms with Gasteiger partial charge in [-0.05, 0) is 29.8 Å². The first-order valence-corrected chi connectivity index (χ1v) is 5.92. The zero-order valence-electron chi connectivity index (χ0n) is 9.64. The summed E-state index contributed by atoms with van der Waals surface area (Å²) in [5.74, 6) is -0.140. The van der Waals surface area contributed by atoms with E-state index in [9.17, 15) is 4.79 Å². The van der Waals surface area contributed by atoms with Crippen LogP contribution in [0.4, 0.5) is 0 Å². The fourth-order valence-corrected chi connectivity index (χ4v) is 1.69. The van der Waals surface area contributed by atoms with Gasteiger partial charge in [-0.1, -0.05) is 48.0 Å². The minimum absolute atomic E-state index is 0.140. The van der Waals surface area contributed by atoms with E-state index >= 15 is 0 Å². The van der Waals surface area contributed by atoms with Gasteiger partial charge in [0, 0.05) is 16.8 Å². The third kappa shape index (κ3) is 3.22. The summed E-state index contributed by atoms with van der Waals surface area (Å²) in [6.45, 7) is 0. The second-order valence-electron chi connectivity index (χ2n) is 3.69. The summed E-state index contributed by atoms with van der Waals surface area (Å²) in [5.41, 5.74) is 1.49. The van der Waals surface area contributed by atoms with Gasteiger partial charge in [-0.3, -0.25) is 4.79 Å². The first-order chi connectivity index (χ1) is 8.77. The topological polar surface area (TPSA) is 29.1 Å². The van der Waals surface area contributed by atoms with Crippen LogP contribution in [-0.2, 0) is 0 Å². The minimum Gasteiger partial charge on any atom is -0.329 e. The molecule has 0 spiro atoms. The first kappa shape index (κ1) is 12.4. The highest BCUT2D eigenvalue weighted by Crippen LogP contribution is 2.15. The average Bonchev–Trinajstić information content (AvgIpc) is 2.42. The van der Waals surface area contributed by atoms with E-state index in [-0.39, 0.29) is 5.91 Å². The van der Waals surface area contributed by atoms with E-state index in [0.717, 1.165) is 5.56 Å². The van der Waals surface area contributed by atoms with Gasteiger partial charge in [-0.15, -0.1) is 0 Å². The van der Waals surface area contributed by atoms with Gasteiger partial charge in [0.2, 0.25) is 0 Å². The number of benzene rings is 2. The van der Waals surface area contributed by atoms with Crippen LogP contribution in [0.1, 0.15) is 15.9 Å². The van der Waals surface area contributed by atoms with E-state index in [1.165, 1.54) is 0 Å². The number of nitrogens with one attached hydrogen (secondary N) is 1. The number of carbonyl (C=O) groups excluding carboxylic acids is 1. The van der Waals surface area contributed by atoms with Crippen LogP contribution < -0.4 is 5.32 Å². The van der Waals surface area contributed by atoms with Gasteiger partial charge < -0.3 is 5.32 Å². The highest BCUT2D eigenvalue weighted by atomic mass is 35.5. The molecule has 2 rings (SSSR count). The van der Waals surface area contributed by atoms with Crippen LogP contribution in [0.3, 0.4) is 0 Å². The summed E-state index contributed by atoms with van der Waals surface area (Å²) < 4.78 is 0. The predicted octanol–water partition coefficient (Wildman–Crippen LogP) is 3.74. The van der Waals surface area contributed by atoms with Gasteiger partial charge in [0.05, 0.1) is 0 Å². The zero-order chi connectivity index (χ0) is 12.8. The third-order valence-corrected chi connectivity index (χ3v) is 2.76. The summed E-state index contributed by atoms with van der Waals surface area (Å²) in [5, 5.41) is 3.35. The van der Waals surface area contributed by atoms with Crippen molar-refractivity contribution in [1.82, 2.24) is 5.32 Å². The Labute approximate surface area is 111 Å². The van der Waals surface area contributed by atoms with Crippen LogP contribution in [0.25, 0.3) is 6.08 Å². The van der Waals surface area contributed by atoms with E-state index in [0.29, 0.717) is 10.6 Å². The molecule has 0 saturated carbocycles. The monoisotopic (exact) mass is 257 g/mol. The quantitative estimate of drug-likeness (QED) is 0.892.